The highest BCUT2D eigenvalue weighted by Crippen LogP contribution is 2.28. The molecular formula is C13H10Br2OS. The van der Waals surface area contributed by atoms with Crippen LogP contribution in [0.3, 0.4) is 0 Å². The lowest BCUT2D eigenvalue weighted by molar-refractivity contribution is 0.0996. The van der Waals surface area contributed by atoms with Crippen LogP contribution in [0.25, 0.3) is 0 Å². The number of carbonyl (C=O) groups excluding carboxylic acids is 1. The first-order valence-electron chi connectivity index (χ1n) is 5.10. The maximum Gasteiger partial charge on any atom is 0.178 e. The van der Waals surface area contributed by atoms with Gasteiger partial charge in [-0.2, -0.15) is 0 Å². The van der Waals surface area contributed by atoms with E-state index in [0.29, 0.717) is 6.42 Å². The molecular weight excluding hydrogens is 364 g/mol. The molecule has 1 nitrogen and oxygen atoms in total. The van der Waals surface area contributed by atoms with Crippen molar-refractivity contribution in [3.05, 3.63) is 54.6 Å². The van der Waals surface area contributed by atoms with Crippen molar-refractivity contribution >= 4 is 49.0 Å². The summed E-state index contributed by atoms with van der Waals surface area (Å²) in [5.74, 6) is 0.164. The number of halogens is 2. The molecule has 0 atom stereocenters. The Labute approximate surface area is 121 Å². The monoisotopic (exact) mass is 372 g/mol. The quantitative estimate of drug-likeness (QED) is 0.691. The number of hydrogen-bond donors (Lipinski definition) is 0. The first kappa shape index (κ1) is 13.0. The van der Waals surface area contributed by atoms with Crippen LogP contribution in [0.2, 0.25) is 0 Å². The molecule has 2 rings (SSSR count). The number of rotatable bonds is 3. The van der Waals surface area contributed by atoms with E-state index in [2.05, 4.69) is 31.9 Å². The van der Waals surface area contributed by atoms with Gasteiger partial charge in [0.15, 0.2) is 5.78 Å². The van der Waals surface area contributed by atoms with Gasteiger partial charge < -0.3 is 0 Å². The third-order valence-electron chi connectivity index (χ3n) is 2.34. The Hall–Kier alpha value is -0.450. The lowest BCUT2D eigenvalue weighted by Crippen LogP contribution is -2.01. The number of Topliss-reactive ketones (excluding diaryl/α,β-unsaturated/α-hetero) is 1. The van der Waals surface area contributed by atoms with Crippen molar-refractivity contribution in [3.63, 3.8) is 0 Å². The molecule has 88 valence electrons. The summed E-state index contributed by atoms with van der Waals surface area (Å²) in [4.78, 5) is 14.1. The fourth-order valence-electron chi connectivity index (χ4n) is 1.54. The van der Waals surface area contributed by atoms with Gasteiger partial charge in [0.05, 0.1) is 4.88 Å². The zero-order valence-corrected chi connectivity index (χ0v) is 13.2. The molecule has 1 aromatic heterocycles. The van der Waals surface area contributed by atoms with Crippen LogP contribution in [0.5, 0.6) is 0 Å². The number of carbonyl (C=O) groups is 1. The van der Waals surface area contributed by atoms with Crippen molar-refractivity contribution in [2.75, 3.05) is 0 Å². The number of ketones is 1. The van der Waals surface area contributed by atoms with Crippen LogP contribution >= 0.6 is 43.2 Å². The summed E-state index contributed by atoms with van der Waals surface area (Å²) in [5.41, 5.74) is 1.04. The van der Waals surface area contributed by atoms with E-state index in [4.69, 9.17) is 0 Å². The van der Waals surface area contributed by atoms with E-state index in [0.717, 1.165) is 24.3 Å². The lowest BCUT2D eigenvalue weighted by atomic mass is 10.1. The van der Waals surface area contributed by atoms with Gasteiger partial charge >= 0.3 is 0 Å². The van der Waals surface area contributed by atoms with E-state index in [9.17, 15) is 4.79 Å². The highest BCUT2D eigenvalue weighted by molar-refractivity contribution is 9.10. The molecule has 0 saturated carbocycles. The first-order chi connectivity index (χ1) is 8.06. The van der Waals surface area contributed by atoms with Crippen LogP contribution < -0.4 is 0 Å². The van der Waals surface area contributed by atoms with Crippen molar-refractivity contribution < 1.29 is 4.79 Å². The Kier molecular flexibility index (Phi) is 4.17. The van der Waals surface area contributed by atoms with Gasteiger partial charge in [-0.1, -0.05) is 28.1 Å². The Morgan fingerprint density at radius 1 is 1.24 bits per heavy atom. The van der Waals surface area contributed by atoms with Crippen LogP contribution in [-0.2, 0) is 6.42 Å². The normalized spacial score (nSPS) is 10.5. The van der Waals surface area contributed by atoms with E-state index in [1.54, 1.807) is 0 Å². The molecule has 4 heteroatoms. The molecule has 0 amide bonds. The third kappa shape index (κ3) is 3.27. The zero-order chi connectivity index (χ0) is 12.4. The topological polar surface area (TPSA) is 17.1 Å². The van der Waals surface area contributed by atoms with E-state index in [-0.39, 0.29) is 5.78 Å². The molecule has 0 N–H and O–H groups in total. The molecule has 1 aromatic carbocycles. The molecule has 0 spiro atoms. The SMILES string of the molecule is Cc1cc(Br)c(C(=O)Cc2ccc(Br)cc2)s1. The minimum absolute atomic E-state index is 0.164. The second-order valence-corrected chi connectivity index (χ2v) is 6.79. The van der Waals surface area contributed by atoms with Crippen molar-refractivity contribution in [2.24, 2.45) is 0 Å². The van der Waals surface area contributed by atoms with Gasteiger partial charge in [-0.05, 0) is 46.6 Å². The summed E-state index contributed by atoms with van der Waals surface area (Å²) in [6.45, 7) is 2.01. The first-order valence-corrected chi connectivity index (χ1v) is 7.50. The van der Waals surface area contributed by atoms with Crippen molar-refractivity contribution in [1.29, 1.82) is 0 Å². The largest absolute Gasteiger partial charge is 0.293 e. The van der Waals surface area contributed by atoms with Crippen molar-refractivity contribution in [3.8, 4) is 0 Å². The Morgan fingerprint density at radius 2 is 1.88 bits per heavy atom. The second kappa shape index (κ2) is 5.46. The molecule has 17 heavy (non-hydrogen) atoms. The van der Waals surface area contributed by atoms with Gasteiger partial charge in [0.1, 0.15) is 0 Å². The zero-order valence-electron chi connectivity index (χ0n) is 9.17. The summed E-state index contributed by atoms with van der Waals surface area (Å²) in [7, 11) is 0. The van der Waals surface area contributed by atoms with Gasteiger partial charge in [0.25, 0.3) is 0 Å². The van der Waals surface area contributed by atoms with Crippen LogP contribution in [0.1, 0.15) is 20.1 Å². The Balaban J connectivity index is 2.17. The number of benzene rings is 1. The van der Waals surface area contributed by atoms with Gasteiger partial charge in [-0.3, -0.25) is 4.79 Å². The lowest BCUT2D eigenvalue weighted by Gasteiger charge is -2.00. The van der Waals surface area contributed by atoms with Gasteiger partial charge in [-0.25, -0.2) is 0 Å². The van der Waals surface area contributed by atoms with Crippen molar-refractivity contribution in [2.45, 2.75) is 13.3 Å². The molecule has 0 aliphatic carbocycles. The molecule has 0 bridgehead atoms. The van der Waals surface area contributed by atoms with Gasteiger partial charge in [0, 0.05) is 20.2 Å². The minimum Gasteiger partial charge on any atom is -0.293 e. The molecule has 0 fully saturated rings. The molecule has 2 aromatic rings. The molecule has 1 heterocycles. The average Bonchev–Trinajstić information content (AvgIpc) is 2.61. The van der Waals surface area contributed by atoms with Gasteiger partial charge in [-0.15, -0.1) is 11.3 Å². The van der Waals surface area contributed by atoms with Crippen LogP contribution in [0, 0.1) is 6.92 Å². The summed E-state index contributed by atoms with van der Waals surface area (Å²) < 4.78 is 1.93. The second-order valence-electron chi connectivity index (χ2n) is 3.76. The van der Waals surface area contributed by atoms with E-state index < -0.39 is 0 Å². The molecule has 0 saturated heterocycles. The Bertz CT molecular complexity index is 543. The van der Waals surface area contributed by atoms with E-state index >= 15 is 0 Å². The molecule has 0 unspecified atom stereocenters. The fourth-order valence-corrected chi connectivity index (χ4v) is 3.61. The number of hydrogen-bond acceptors (Lipinski definition) is 2. The Morgan fingerprint density at radius 3 is 2.41 bits per heavy atom. The van der Waals surface area contributed by atoms with Gasteiger partial charge in [0.2, 0.25) is 0 Å². The summed E-state index contributed by atoms with van der Waals surface area (Å²) >= 11 is 8.35. The number of aryl methyl sites for hydroxylation is 1. The predicted octanol–water partition coefficient (Wildman–Crippen LogP) is 5.01. The minimum atomic E-state index is 0.164. The predicted molar refractivity (Wildman–Crippen MR) is 78.9 cm³/mol. The summed E-state index contributed by atoms with van der Waals surface area (Å²) in [5, 5.41) is 0. The van der Waals surface area contributed by atoms with Crippen LogP contribution in [0.15, 0.2) is 39.3 Å². The smallest absolute Gasteiger partial charge is 0.178 e. The van der Waals surface area contributed by atoms with Crippen LogP contribution in [-0.4, -0.2) is 5.78 Å². The van der Waals surface area contributed by atoms with Crippen molar-refractivity contribution in [1.82, 2.24) is 0 Å². The average molecular weight is 374 g/mol. The van der Waals surface area contributed by atoms with E-state index in [1.807, 2.05) is 37.3 Å². The molecule has 0 radical (unpaired) electrons. The maximum absolute atomic E-state index is 12.1. The fraction of sp³-hybridized carbons (Fsp3) is 0.154. The molecule has 0 aliphatic rings. The summed E-state index contributed by atoms with van der Waals surface area (Å²) in [6, 6.07) is 9.83. The van der Waals surface area contributed by atoms with E-state index in [1.165, 1.54) is 11.3 Å². The summed E-state index contributed by atoms with van der Waals surface area (Å²) in [6.07, 6.45) is 0.450. The molecule has 0 aliphatic heterocycles. The highest BCUT2D eigenvalue weighted by atomic mass is 79.9. The highest BCUT2D eigenvalue weighted by Gasteiger charge is 2.13. The van der Waals surface area contributed by atoms with Crippen LogP contribution in [0.4, 0.5) is 0 Å². The number of thiophene rings is 1. The standard InChI is InChI=1S/C13H10Br2OS/c1-8-6-11(15)13(17-8)12(16)7-9-2-4-10(14)5-3-9/h2-6H,7H2,1H3. The third-order valence-corrected chi connectivity index (χ3v) is 4.85. The maximum atomic E-state index is 12.1.